The van der Waals surface area contributed by atoms with E-state index in [-0.39, 0.29) is 0 Å². The monoisotopic (exact) mass is 218 g/mol. The summed E-state index contributed by atoms with van der Waals surface area (Å²) in [5.41, 5.74) is 1.03. The number of rotatable bonds is 3. The van der Waals surface area contributed by atoms with Gasteiger partial charge < -0.3 is 4.74 Å². The molecule has 3 nitrogen and oxygen atoms in total. The molecule has 1 saturated carbocycles. The van der Waals surface area contributed by atoms with Crippen molar-refractivity contribution in [1.82, 2.24) is 9.88 Å². The SMILES string of the molecule is Cc1ccc(OC[C@@H]2C[C@H]3C[C@H]3N2C)cn1. The Labute approximate surface area is 96.4 Å². The van der Waals surface area contributed by atoms with Crippen LogP contribution in [0.3, 0.4) is 0 Å². The summed E-state index contributed by atoms with van der Waals surface area (Å²) < 4.78 is 5.78. The van der Waals surface area contributed by atoms with Crippen molar-refractivity contribution < 1.29 is 4.74 Å². The zero-order valence-corrected chi connectivity index (χ0v) is 9.89. The Morgan fingerprint density at radius 2 is 2.31 bits per heavy atom. The molecule has 2 fully saturated rings. The summed E-state index contributed by atoms with van der Waals surface area (Å²) in [5.74, 6) is 1.84. The molecule has 0 unspecified atom stereocenters. The second kappa shape index (κ2) is 3.74. The highest BCUT2D eigenvalue weighted by Crippen LogP contribution is 2.46. The van der Waals surface area contributed by atoms with E-state index in [1.54, 1.807) is 0 Å². The van der Waals surface area contributed by atoms with Crippen molar-refractivity contribution in [2.75, 3.05) is 13.7 Å². The van der Waals surface area contributed by atoms with E-state index in [1.165, 1.54) is 12.8 Å². The summed E-state index contributed by atoms with van der Waals surface area (Å²) >= 11 is 0. The number of likely N-dealkylation sites (tertiary alicyclic amines) is 1. The molecule has 1 saturated heterocycles. The molecule has 0 bridgehead atoms. The summed E-state index contributed by atoms with van der Waals surface area (Å²) in [6, 6.07) is 5.44. The number of nitrogens with zero attached hydrogens (tertiary/aromatic N) is 2. The zero-order valence-electron chi connectivity index (χ0n) is 9.89. The van der Waals surface area contributed by atoms with Gasteiger partial charge in [-0.3, -0.25) is 9.88 Å². The van der Waals surface area contributed by atoms with E-state index in [2.05, 4.69) is 16.9 Å². The maximum Gasteiger partial charge on any atom is 0.137 e. The molecule has 0 aromatic carbocycles. The number of hydrogen-bond acceptors (Lipinski definition) is 3. The van der Waals surface area contributed by atoms with E-state index >= 15 is 0 Å². The number of pyridine rings is 1. The van der Waals surface area contributed by atoms with E-state index in [0.29, 0.717) is 6.04 Å². The number of hydrogen-bond donors (Lipinski definition) is 0. The van der Waals surface area contributed by atoms with Gasteiger partial charge in [0, 0.05) is 17.8 Å². The normalized spacial score (nSPS) is 32.5. The smallest absolute Gasteiger partial charge is 0.137 e. The van der Waals surface area contributed by atoms with Gasteiger partial charge in [-0.25, -0.2) is 0 Å². The fourth-order valence-electron chi connectivity index (χ4n) is 2.69. The molecule has 2 heterocycles. The van der Waals surface area contributed by atoms with Crippen molar-refractivity contribution in [1.29, 1.82) is 0 Å². The van der Waals surface area contributed by atoms with Crippen molar-refractivity contribution in [2.45, 2.75) is 31.8 Å². The van der Waals surface area contributed by atoms with Crippen LogP contribution in [-0.4, -0.2) is 35.6 Å². The molecule has 0 spiro atoms. The minimum absolute atomic E-state index is 0.602. The summed E-state index contributed by atoms with van der Waals surface area (Å²) in [5, 5.41) is 0. The van der Waals surface area contributed by atoms with E-state index in [4.69, 9.17) is 4.74 Å². The van der Waals surface area contributed by atoms with Crippen LogP contribution in [0.5, 0.6) is 5.75 Å². The molecule has 1 aromatic heterocycles. The first-order chi connectivity index (χ1) is 7.74. The number of ether oxygens (including phenoxy) is 1. The van der Waals surface area contributed by atoms with Gasteiger partial charge in [0.2, 0.25) is 0 Å². The molecule has 2 aliphatic rings. The van der Waals surface area contributed by atoms with Crippen LogP contribution in [0.15, 0.2) is 18.3 Å². The molecular weight excluding hydrogens is 200 g/mol. The van der Waals surface area contributed by atoms with Crippen LogP contribution in [0.25, 0.3) is 0 Å². The van der Waals surface area contributed by atoms with Crippen molar-refractivity contribution >= 4 is 0 Å². The fourth-order valence-corrected chi connectivity index (χ4v) is 2.69. The highest BCUT2D eigenvalue weighted by atomic mass is 16.5. The van der Waals surface area contributed by atoms with E-state index in [9.17, 15) is 0 Å². The van der Waals surface area contributed by atoms with Gasteiger partial charge in [-0.15, -0.1) is 0 Å². The molecule has 1 aromatic rings. The largest absolute Gasteiger partial charge is 0.490 e. The highest BCUT2D eigenvalue weighted by Gasteiger charge is 2.50. The average Bonchev–Trinajstić information content (AvgIpc) is 2.99. The zero-order chi connectivity index (χ0) is 11.1. The summed E-state index contributed by atoms with van der Waals surface area (Å²) in [6.07, 6.45) is 4.52. The summed E-state index contributed by atoms with van der Waals surface area (Å²) in [6.45, 7) is 2.79. The van der Waals surface area contributed by atoms with Gasteiger partial charge in [0.25, 0.3) is 0 Å². The average molecular weight is 218 g/mol. The standard InChI is InChI=1S/C13H18N2O/c1-9-3-4-12(7-14-9)16-8-11-5-10-6-13(10)15(11)2/h3-4,7,10-11,13H,5-6,8H2,1-2H3/t10-,11-,13+/m0/s1. The molecule has 0 radical (unpaired) electrons. The van der Waals surface area contributed by atoms with E-state index in [0.717, 1.165) is 30.0 Å². The Morgan fingerprint density at radius 3 is 2.94 bits per heavy atom. The molecule has 1 aliphatic carbocycles. The number of piperidine rings is 1. The Hall–Kier alpha value is -1.09. The summed E-state index contributed by atoms with van der Waals surface area (Å²) in [7, 11) is 2.22. The third kappa shape index (κ3) is 1.80. The van der Waals surface area contributed by atoms with Crippen LogP contribution in [0.4, 0.5) is 0 Å². The highest BCUT2D eigenvalue weighted by molar-refractivity contribution is 5.19. The van der Waals surface area contributed by atoms with Crippen LogP contribution in [0.1, 0.15) is 18.5 Å². The first-order valence-electron chi connectivity index (χ1n) is 6.01. The number of fused-ring (bicyclic) bond motifs is 1. The van der Waals surface area contributed by atoms with Gasteiger partial charge in [0.15, 0.2) is 0 Å². The number of likely N-dealkylation sites (N-methyl/N-ethyl adjacent to an activating group) is 1. The number of aryl methyl sites for hydroxylation is 1. The predicted octanol–water partition coefficient (Wildman–Crippen LogP) is 1.86. The van der Waals surface area contributed by atoms with Gasteiger partial charge >= 0.3 is 0 Å². The van der Waals surface area contributed by atoms with Crippen molar-refractivity contribution in [3.05, 3.63) is 24.0 Å². The lowest BCUT2D eigenvalue weighted by Crippen LogP contribution is -2.33. The fraction of sp³-hybridized carbons (Fsp3) is 0.615. The maximum atomic E-state index is 5.78. The van der Waals surface area contributed by atoms with Crippen molar-refractivity contribution in [3.63, 3.8) is 0 Å². The Morgan fingerprint density at radius 1 is 1.44 bits per heavy atom. The molecule has 0 amide bonds. The quantitative estimate of drug-likeness (QED) is 0.774. The molecule has 86 valence electrons. The third-order valence-corrected chi connectivity index (χ3v) is 3.89. The van der Waals surface area contributed by atoms with Gasteiger partial charge in [0.1, 0.15) is 12.4 Å². The second-order valence-corrected chi connectivity index (χ2v) is 5.06. The minimum atomic E-state index is 0.602. The minimum Gasteiger partial charge on any atom is -0.490 e. The first kappa shape index (κ1) is 10.1. The van der Waals surface area contributed by atoms with Gasteiger partial charge in [-0.2, -0.15) is 0 Å². The lowest BCUT2D eigenvalue weighted by atomic mass is 10.2. The molecule has 16 heavy (non-hydrogen) atoms. The number of aromatic nitrogens is 1. The van der Waals surface area contributed by atoms with Gasteiger partial charge in [-0.1, -0.05) is 0 Å². The van der Waals surface area contributed by atoms with Crippen LogP contribution in [-0.2, 0) is 0 Å². The first-order valence-corrected chi connectivity index (χ1v) is 6.01. The van der Waals surface area contributed by atoms with E-state index in [1.807, 2.05) is 25.3 Å². The lowest BCUT2D eigenvalue weighted by Gasteiger charge is -2.22. The Bertz CT molecular complexity index is 376. The molecule has 3 heteroatoms. The lowest BCUT2D eigenvalue weighted by molar-refractivity contribution is 0.176. The van der Waals surface area contributed by atoms with Gasteiger partial charge in [-0.05, 0) is 44.9 Å². The summed E-state index contributed by atoms with van der Waals surface area (Å²) in [4.78, 5) is 6.71. The van der Waals surface area contributed by atoms with Gasteiger partial charge in [0.05, 0.1) is 6.20 Å². The Kier molecular flexibility index (Phi) is 2.36. The van der Waals surface area contributed by atoms with Crippen molar-refractivity contribution in [3.8, 4) is 5.75 Å². The van der Waals surface area contributed by atoms with Crippen LogP contribution in [0, 0.1) is 12.8 Å². The Balaban J connectivity index is 1.55. The van der Waals surface area contributed by atoms with Crippen LogP contribution in [0.2, 0.25) is 0 Å². The van der Waals surface area contributed by atoms with E-state index < -0.39 is 0 Å². The molecule has 3 rings (SSSR count). The molecular formula is C13H18N2O. The van der Waals surface area contributed by atoms with Crippen LogP contribution < -0.4 is 4.74 Å². The maximum absolute atomic E-state index is 5.78. The molecule has 1 aliphatic heterocycles. The van der Waals surface area contributed by atoms with Crippen LogP contribution >= 0.6 is 0 Å². The predicted molar refractivity (Wildman–Crippen MR) is 62.5 cm³/mol. The van der Waals surface area contributed by atoms with Crippen molar-refractivity contribution in [2.24, 2.45) is 5.92 Å². The second-order valence-electron chi connectivity index (χ2n) is 5.06. The molecule has 3 atom stereocenters. The molecule has 0 N–H and O–H groups in total. The topological polar surface area (TPSA) is 25.4 Å². The third-order valence-electron chi connectivity index (χ3n) is 3.89.